The van der Waals surface area contributed by atoms with E-state index >= 15 is 0 Å². The number of aromatic nitrogens is 4. The number of para-hydroxylation sites is 3. The van der Waals surface area contributed by atoms with Gasteiger partial charge in [-0.25, -0.2) is 9.97 Å². The van der Waals surface area contributed by atoms with E-state index in [4.69, 9.17) is 9.97 Å². The summed E-state index contributed by atoms with van der Waals surface area (Å²) in [4.78, 5) is 10.7. The molecule has 0 atom stereocenters. The molecule has 10 aromatic carbocycles. The van der Waals surface area contributed by atoms with Crippen molar-refractivity contribution in [2.75, 3.05) is 0 Å². The molecule has 68 heavy (non-hydrogen) atoms. The standard InChI is InChI=1S/C64H42N4/c1-6-20-43(21-7-1)48-36-49(44-22-8-2-9-23-44)38-50(37-48)54-39-47(64-65-57(45-24-10-3-11-25-45)41-58(66-64)46-26-12-4-13-27-46)34-35-61(54)68-60-33-19-17-31-53(60)56-40-55-52-30-16-18-32-59(52)67(62(55)42-63(56)68)51-28-14-5-15-29-51/h1-42H. The Hall–Kier alpha value is -9.12. The largest absolute Gasteiger partial charge is 0.309 e. The van der Waals surface area contributed by atoms with Gasteiger partial charge in [0, 0.05) is 49.5 Å². The summed E-state index contributed by atoms with van der Waals surface area (Å²) in [6, 6.07) is 91.3. The van der Waals surface area contributed by atoms with Crippen LogP contribution in [0.25, 0.3) is 122 Å². The molecule has 13 rings (SSSR count). The molecule has 0 radical (unpaired) electrons. The first kappa shape index (κ1) is 39.3. The van der Waals surface area contributed by atoms with Crippen LogP contribution >= 0.6 is 0 Å². The van der Waals surface area contributed by atoms with E-state index in [9.17, 15) is 0 Å². The Labute approximate surface area is 394 Å². The maximum absolute atomic E-state index is 5.33. The van der Waals surface area contributed by atoms with E-state index in [1.165, 1.54) is 27.1 Å². The molecular formula is C64H42N4. The Morgan fingerprint density at radius 3 is 1.24 bits per heavy atom. The average molecular weight is 867 g/mol. The van der Waals surface area contributed by atoms with Gasteiger partial charge in [-0.15, -0.1) is 0 Å². The van der Waals surface area contributed by atoms with Crippen molar-refractivity contribution >= 4 is 43.6 Å². The zero-order valence-electron chi connectivity index (χ0n) is 37.0. The molecule has 13 aromatic rings. The van der Waals surface area contributed by atoms with Crippen LogP contribution in [-0.2, 0) is 0 Å². The van der Waals surface area contributed by atoms with Gasteiger partial charge in [0.15, 0.2) is 5.82 Å². The minimum Gasteiger partial charge on any atom is -0.309 e. The molecule has 4 nitrogen and oxygen atoms in total. The molecule has 0 unspecified atom stereocenters. The number of benzene rings is 10. The summed E-state index contributed by atoms with van der Waals surface area (Å²) in [7, 11) is 0. The molecule has 0 N–H and O–H groups in total. The van der Waals surface area contributed by atoms with Crippen LogP contribution in [0.2, 0.25) is 0 Å². The molecule has 3 heterocycles. The minimum absolute atomic E-state index is 0.664. The van der Waals surface area contributed by atoms with Crippen LogP contribution in [0.5, 0.6) is 0 Å². The topological polar surface area (TPSA) is 35.6 Å². The molecule has 3 aromatic heterocycles. The Balaban J connectivity index is 1.13. The van der Waals surface area contributed by atoms with Crippen LogP contribution < -0.4 is 0 Å². The van der Waals surface area contributed by atoms with Gasteiger partial charge in [-0.3, -0.25) is 0 Å². The van der Waals surface area contributed by atoms with E-state index < -0.39 is 0 Å². The lowest BCUT2D eigenvalue weighted by Crippen LogP contribution is -2.01. The van der Waals surface area contributed by atoms with Gasteiger partial charge in [0.05, 0.1) is 39.1 Å². The van der Waals surface area contributed by atoms with Crippen LogP contribution in [0.15, 0.2) is 255 Å². The third-order valence-electron chi connectivity index (χ3n) is 13.3. The first-order valence-electron chi connectivity index (χ1n) is 23.1. The van der Waals surface area contributed by atoms with Gasteiger partial charge in [0.25, 0.3) is 0 Å². The summed E-state index contributed by atoms with van der Waals surface area (Å²) in [5.41, 5.74) is 18.3. The van der Waals surface area contributed by atoms with E-state index in [-0.39, 0.29) is 0 Å². The lowest BCUT2D eigenvalue weighted by molar-refractivity contribution is 1.16. The normalized spacial score (nSPS) is 11.5. The Morgan fingerprint density at radius 1 is 0.250 bits per heavy atom. The number of hydrogen-bond acceptors (Lipinski definition) is 2. The van der Waals surface area contributed by atoms with E-state index in [1.54, 1.807) is 0 Å². The molecular weight excluding hydrogens is 825 g/mol. The van der Waals surface area contributed by atoms with Crippen molar-refractivity contribution in [3.63, 3.8) is 0 Å². The summed E-state index contributed by atoms with van der Waals surface area (Å²) in [6.45, 7) is 0. The van der Waals surface area contributed by atoms with Gasteiger partial charge in [0.2, 0.25) is 0 Å². The van der Waals surface area contributed by atoms with Gasteiger partial charge in [-0.2, -0.15) is 0 Å². The molecule has 0 aliphatic rings. The molecule has 4 heteroatoms. The molecule has 318 valence electrons. The van der Waals surface area contributed by atoms with Gasteiger partial charge in [-0.05, 0) is 107 Å². The van der Waals surface area contributed by atoms with Gasteiger partial charge >= 0.3 is 0 Å². The van der Waals surface area contributed by atoms with Crippen LogP contribution in [0.1, 0.15) is 0 Å². The molecule has 0 aliphatic carbocycles. The van der Waals surface area contributed by atoms with E-state index in [0.29, 0.717) is 5.82 Å². The highest BCUT2D eigenvalue weighted by molar-refractivity contribution is 6.19. The molecule has 0 aliphatic heterocycles. The highest BCUT2D eigenvalue weighted by Crippen LogP contribution is 2.43. The summed E-state index contributed by atoms with van der Waals surface area (Å²) < 4.78 is 4.89. The van der Waals surface area contributed by atoms with E-state index in [0.717, 1.165) is 89.4 Å². The van der Waals surface area contributed by atoms with Crippen molar-refractivity contribution in [1.29, 1.82) is 0 Å². The fourth-order valence-corrected chi connectivity index (χ4v) is 10.1. The summed E-state index contributed by atoms with van der Waals surface area (Å²) in [6.07, 6.45) is 0. The van der Waals surface area contributed by atoms with Crippen molar-refractivity contribution < 1.29 is 0 Å². The monoisotopic (exact) mass is 866 g/mol. The molecule has 0 fully saturated rings. The first-order valence-corrected chi connectivity index (χ1v) is 23.1. The Kier molecular flexibility index (Phi) is 9.47. The summed E-state index contributed by atoms with van der Waals surface area (Å²) >= 11 is 0. The van der Waals surface area contributed by atoms with Crippen molar-refractivity contribution in [3.8, 4) is 78.7 Å². The molecule has 0 saturated heterocycles. The first-order chi connectivity index (χ1) is 33.7. The van der Waals surface area contributed by atoms with Crippen LogP contribution in [0.3, 0.4) is 0 Å². The molecule has 0 spiro atoms. The van der Waals surface area contributed by atoms with Gasteiger partial charge in [-0.1, -0.05) is 176 Å². The fraction of sp³-hybridized carbons (Fsp3) is 0. The third-order valence-corrected chi connectivity index (χ3v) is 13.3. The molecule has 0 bridgehead atoms. The maximum atomic E-state index is 5.33. The second-order valence-corrected chi connectivity index (χ2v) is 17.4. The van der Waals surface area contributed by atoms with Crippen LogP contribution in [0, 0.1) is 0 Å². The Morgan fingerprint density at radius 2 is 0.691 bits per heavy atom. The van der Waals surface area contributed by atoms with Gasteiger partial charge in [0.1, 0.15) is 0 Å². The van der Waals surface area contributed by atoms with Crippen molar-refractivity contribution in [1.82, 2.24) is 19.1 Å². The predicted molar refractivity (Wildman–Crippen MR) is 283 cm³/mol. The van der Waals surface area contributed by atoms with Crippen LogP contribution in [-0.4, -0.2) is 19.1 Å². The third kappa shape index (κ3) is 6.78. The maximum Gasteiger partial charge on any atom is 0.160 e. The van der Waals surface area contributed by atoms with E-state index in [2.05, 4.69) is 252 Å². The lowest BCUT2D eigenvalue weighted by atomic mass is 9.92. The minimum atomic E-state index is 0.664. The van der Waals surface area contributed by atoms with Gasteiger partial charge < -0.3 is 9.13 Å². The SMILES string of the molecule is c1ccc(-c2cc(-c3ccccc3)cc(-c3cc(-c4nc(-c5ccccc5)cc(-c5ccccc5)n4)ccc3-n3c4ccccc4c4cc5c6ccccc6n(-c6ccccc6)c5cc43)c2)cc1. The quantitative estimate of drug-likeness (QED) is 0.153. The number of fused-ring (bicyclic) bond motifs is 6. The number of nitrogens with zero attached hydrogens (tertiary/aromatic N) is 4. The average Bonchev–Trinajstić information content (AvgIpc) is 3.92. The number of rotatable bonds is 8. The van der Waals surface area contributed by atoms with Crippen molar-refractivity contribution in [2.45, 2.75) is 0 Å². The summed E-state index contributed by atoms with van der Waals surface area (Å²) in [5.74, 6) is 0.664. The Bertz CT molecular complexity index is 3870. The smallest absolute Gasteiger partial charge is 0.160 e. The lowest BCUT2D eigenvalue weighted by Gasteiger charge is -2.18. The highest BCUT2D eigenvalue weighted by Gasteiger charge is 2.22. The van der Waals surface area contributed by atoms with Crippen molar-refractivity contribution in [3.05, 3.63) is 255 Å². The fourth-order valence-electron chi connectivity index (χ4n) is 10.1. The second-order valence-electron chi connectivity index (χ2n) is 17.4. The zero-order valence-corrected chi connectivity index (χ0v) is 37.0. The molecule has 0 amide bonds. The zero-order chi connectivity index (χ0) is 45.0. The van der Waals surface area contributed by atoms with E-state index in [1.807, 2.05) is 12.1 Å². The number of hydrogen-bond donors (Lipinski definition) is 0. The highest BCUT2D eigenvalue weighted by atomic mass is 15.0. The second kappa shape index (κ2) is 16.4. The van der Waals surface area contributed by atoms with Crippen LogP contribution in [0.4, 0.5) is 0 Å². The summed E-state index contributed by atoms with van der Waals surface area (Å²) in [5, 5.41) is 4.86. The predicted octanol–water partition coefficient (Wildman–Crippen LogP) is 16.7. The molecule has 0 saturated carbocycles. The van der Waals surface area contributed by atoms with Crippen molar-refractivity contribution in [2.24, 2.45) is 0 Å².